The monoisotopic (exact) mass is 338 g/mol. The number of hydrogen-bond donors (Lipinski definition) is 1. The van der Waals surface area contributed by atoms with Crippen molar-refractivity contribution in [3.05, 3.63) is 77.1 Å². The predicted molar refractivity (Wildman–Crippen MR) is 91.5 cm³/mol. The van der Waals surface area contributed by atoms with Crippen LogP contribution in [0.5, 0.6) is 0 Å². The molecule has 126 valence electrons. The lowest BCUT2D eigenvalue weighted by molar-refractivity contribution is -0.119. The Morgan fingerprint density at radius 2 is 1.92 bits per heavy atom. The summed E-state index contributed by atoms with van der Waals surface area (Å²) >= 11 is 0. The van der Waals surface area contributed by atoms with E-state index in [0.29, 0.717) is 16.9 Å². The van der Waals surface area contributed by atoms with Gasteiger partial charge in [-0.2, -0.15) is 5.10 Å². The summed E-state index contributed by atoms with van der Waals surface area (Å²) in [5.41, 5.74) is 1.25. The molecule has 0 unspecified atom stereocenters. The number of hydrogen-bond acceptors (Lipinski definition) is 4. The van der Waals surface area contributed by atoms with Crippen LogP contribution < -0.4 is 10.9 Å². The number of rotatable bonds is 4. The van der Waals surface area contributed by atoms with Crippen LogP contribution >= 0.6 is 0 Å². The molecule has 6 nitrogen and oxygen atoms in total. The third-order valence-electron chi connectivity index (χ3n) is 3.64. The first-order valence-corrected chi connectivity index (χ1v) is 7.61. The van der Waals surface area contributed by atoms with E-state index in [4.69, 9.17) is 0 Å². The zero-order valence-electron chi connectivity index (χ0n) is 13.4. The lowest BCUT2D eigenvalue weighted by Gasteiger charge is -2.15. The lowest BCUT2D eigenvalue weighted by Crippen LogP contribution is -2.33. The Morgan fingerprint density at radius 1 is 1.16 bits per heavy atom. The molecule has 0 aliphatic rings. The molecule has 1 N–H and O–H groups in total. The van der Waals surface area contributed by atoms with Gasteiger partial charge in [-0.15, -0.1) is 0 Å². The van der Waals surface area contributed by atoms with Crippen molar-refractivity contribution in [2.75, 3.05) is 5.32 Å². The Balaban J connectivity index is 1.88. The van der Waals surface area contributed by atoms with Crippen LogP contribution in [0.3, 0.4) is 0 Å². The van der Waals surface area contributed by atoms with E-state index in [1.165, 1.54) is 30.5 Å². The second-order valence-electron chi connectivity index (χ2n) is 5.42. The van der Waals surface area contributed by atoms with Gasteiger partial charge in [0.1, 0.15) is 11.9 Å². The average Bonchev–Trinajstić information content (AvgIpc) is 2.63. The van der Waals surface area contributed by atoms with Gasteiger partial charge >= 0.3 is 0 Å². The lowest BCUT2D eigenvalue weighted by atomic mass is 10.1. The van der Waals surface area contributed by atoms with E-state index >= 15 is 0 Å². The molecule has 2 aromatic heterocycles. The fourth-order valence-corrected chi connectivity index (χ4v) is 2.27. The fraction of sp³-hybridized carbons (Fsp3) is 0.111. The minimum atomic E-state index is -0.826. The second kappa shape index (κ2) is 7.04. The molecule has 2 heterocycles. The number of carbonyl (C=O) groups excluding carboxylic acids is 1. The molecule has 0 saturated heterocycles. The molecule has 25 heavy (non-hydrogen) atoms. The first kappa shape index (κ1) is 16.5. The van der Waals surface area contributed by atoms with Crippen LogP contribution in [0, 0.1) is 5.82 Å². The van der Waals surface area contributed by atoms with E-state index < -0.39 is 11.6 Å². The van der Waals surface area contributed by atoms with Gasteiger partial charge in [0.25, 0.3) is 5.56 Å². The Hall–Kier alpha value is -3.35. The number of halogens is 1. The van der Waals surface area contributed by atoms with Gasteiger partial charge in [0, 0.05) is 17.8 Å². The molecule has 3 rings (SSSR count). The topological polar surface area (TPSA) is 76.9 Å². The Labute approximate surface area is 143 Å². The predicted octanol–water partition coefficient (Wildman–Crippen LogP) is 2.64. The number of carbonyl (C=O) groups is 1. The standard InChI is InChI=1S/C18H15FN4O2/c1-12(18(25)21-15-3-2-10-20-11-15)23-17(24)9-8-16(22-23)13-4-6-14(19)7-5-13/h2-12H,1H3,(H,21,25)/t12-/m1/s1. The molecule has 0 saturated carbocycles. The fourth-order valence-electron chi connectivity index (χ4n) is 2.27. The van der Waals surface area contributed by atoms with Crippen LogP contribution in [0.2, 0.25) is 0 Å². The Bertz CT molecular complexity index is 939. The summed E-state index contributed by atoms with van der Waals surface area (Å²) in [7, 11) is 0. The number of nitrogens with zero attached hydrogens (tertiary/aromatic N) is 3. The first-order chi connectivity index (χ1) is 12.0. The maximum atomic E-state index is 13.1. The van der Waals surface area contributed by atoms with Crippen molar-refractivity contribution in [3.63, 3.8) is 0 Å². The van der Waals surface area contributed by atoms with E-state index in [-0.39, 0.29) is 11.7 Å². The first-order valence-electron chi connectivity index (χ1n) is 7.61. The number of benzene rings is 1. The third-order valence-corrected chi connectivity index (χ3v) is 3.64. The molecule has 7 heteroatoms. The van der Waals surface area contributed by atoms with Gasteiger partial charge in [-0.3, -0.25) is 14.6 Å². The van der Waals surface area contributed by atoms with Crippen LogP contribution in [0.25, 0.3) is 11.3 Å². The van der Waals surface area contributed by atoms with Gasteiger partial charge < -0.3 is 5.32 Å². The molecule has 1 aromatic carbocycles. The van der Waals surface area contributed by atoms with Gasteiger partial charge in [-0.1, -0.05) is 0 Å². The smallest absolute Gasteiger partial charge is 0.267 e. The zero-order valence-corrected chi connectivity index (χ0v) is 13.4. The number of aromatic nitrogens is 3. The van der Waals surface area contributed by atoms with E-state index in [1.54, 1.807) is 37.4 Å². The van der Waals surface area contributed by atoms with Crippen LogP contribution in [-0.4, -0.2) is 20.7 Å². The molecule has 0 aliphatic carbocycles. The summed E-state index contributed by atoms with van der Waals surface area (Å²) in [6.07, 6.45) is 3.10. The van der Waals surface area contributed by atoms with Crippen molar-refractivity contribution in [2.45, 2.75) is 13.0 Å². The number of nitrogens with one attached hydrogen (secondary N) is 1. The van der Waals surface area contributed by atoms with Crippen LogP contribution in [0.1, 0.15) is 13.0 Å². The van der Waals surface area contributed by atoms with E-state index in [0.717, 1.165) is 4.68 Å². The minimum absolute atomic E-state index is 0.360. The summed E-state index contributed by atoms with van der Waals surface area (Å²) in [4.78, 5) is 28.4. The number of amides is 1. The second-order valence-corrected chi connectivity index (χ2v) is 5.42. The highest BCUT2D eigenvalue weighted by molar-refractivity contribution is 5.93. The van der Waals surface area contributed by atoms with Crippen molar-refractivity contribution in [3.8, 4) is 11.3 Å². The summed E-state index contributed by atoms with van der Waals surface area (Å²) < 4.78 is 14.2. The average molecular weight is 338 g/mol. The van der Waals surface area contributed by atoms with Crippen molar-refractivity contribution >= 4 is 11.6 Å². The number of anilines is 1. The van der Waals surface area contributed by atoms with Crippen LogP contribution in [-0.2, 0) is 4.79 Å². The van der Waals surface area contributed by atoms with Crippen LogP contribution in [0.15, 0.2) is 65.7 Å². The van der Waals surface area contributed by atoms with Gasteiger partial charge in [-0.05, 0) is 49.4 Å². The van der Waals surface area contributed by atoms with E-state index in [2.05, 4.69) is 15.4 Å². The quantitative estimate of drug-likeness (QED) is 0.793. The molecular formula is C18H15FN4O2. The molecule has 0 fully saturated rings. The molecular weight excluding hydrogens is 323 g/mol. The highest BCUT2D eigenvalue weighted by atomic mass is 19.1. The highest BCUT2D eigenvalue weighted by Crippen LogP contribution is 2.17. The van der Waals surface area contributed by atoms with Gasteiger partial charge in [0.2, 0.25) is 5.91 Å². The van der Waals surface area contributed by atoms with Crippen molar-refractivity contribution < 1.29 is 9.18 Å². The maximum Gasteiger partial charge on any atom is 0.267 e. The Kier molecular flexibility index (Phi) is 4.65. The maximum absolute atomic E-state index is 13.1. The normalized spacial score (nSPS) is 11.8. The molecule has 0 radical (unpaired) electrons. The summed E-state index contributed by atoms with van der Waals surface area (Å²) in [5.74, 6) is -0.750. The van der Waals surface area contributed by atoms with Gasteiger partial charge in [-0.25, -0.2) is 9.07 Å². The summed E-state index contributed by atoms with van der Waals surface area (Å²) in [6.45, 7) is 1.58. The molecule has 0 bridgehead atoms. The molecule has 0 spiro atoms. The molecule has 0 aliphatic heterocycles. The highest BCUT2D eigenvalue weighted by Gasteiger charge is 2.18. The number of pyridine rings is 1. The van der Waals surface area contributed by atoms with Crippen molar-refractivity contribution in [2.24, 2.45) is 0 Å². The van der Waals surface area contributed by atoms with Gasteiger partial charge in [0.05, 0.1) is 17.6 Å². The summed E-state index contributed by atoms with van der Waals surface area (Å²) in [5, 5.41) is 6.92. The third kappa shape index (κ3) is 3.77. The molecule has 1 amide bonds. The Morgan fingerprint density at radius 3 is 2.60 bits per heavy atom. The minimum Gasteiger partial charge on any atom is -0.323 e. The van der Waals surface area contributed by atoms with Gasteiger partial charge in [0.15, 0.2) is 0 Å². The molecule has 1 atom stereocenters. The van der Waals surface area contributed by atoms with E-state index in [9.17, 15) is 14.0 Å². The van der Waals surface area contributed by atoms with Crippen molar-refractivity contribution in [1.29, 1.82) is 0 Å². The summed E-state index contributed by atoms with van der Waals surface area (Å²) in [6, 6.07) is 11.2. The van der Waals surface area contributed by atoms with Crippen molar-refractivity contribution in [1.82, 2.24) is 14.8 Å². The zero-order chi connectivity index (χ0) is 17.8. The SMILES string of the molecule is C[C@H](C(=O)Nc1cccnc1)n1nc(-c2ccc(F)cc2)ccc1=O. The van der Waals surface area contributed by atoms with Crippen LogP contribution in [0.4, 0.5) is 10.1 Å². The van der Waals surface area contributed by atoms with E-state index in [1.807, 2.05) is 0 Å². The molecule has 3 aromatic rings. The largest absolute Gasteiger partial charge is 0.323 e.